The molecule has 0 bridgehead atoms. The van der Waals surface area contributed by atoms with E-state index in [1.807, 2.05) is 36.5 Å². The zero-order valence-electron chi connectivity index (χ0n) is 13.9. The molecule has 10 heteroatoms. The van der Waals surface area contributed by atoms with Crippen LogP contribution >= 0.6 is 0 Å². The van der Waals surface area contributed by atoms with Crippen molar-refractivity contribution in [1.29, 1.82) is 0 Å². The molecule has 5 N–H and O–H groups in total. The molecule has 0 amide bonds. The van der Waals surface area contributed by atoms with Gasteiger partial charge in [0.15, 0.2) is 11.3 Å². The largest absolute Gasteiger partial charge is 0.382 e. The van der Waals surface area contributed by atoms with Gasteiger partial charge in [-0.15, -0.1) is 5.11 Å². The van der Waals surface area contributed by atoms with Crippen LogP contribution in [0.1, 0.15) is 0 Å². The molecule has 4 rings (SSSR count). The summed E-state index contributed by atoms with van der Waals surface area (Å²) in [5, 5.41) is 16.3. The first-order chi connectivity index (χ1) is 12.9. The van der Waals surface area contributed by atoms with Crippen LogP contribution in [0.2, 0.25) is 0 Å². The van der Waals surface area contributed by atoms with Gasteiger partial charge < -0.3 is 5.73 Å². The third-order valence-corrected chi connectivity index (χ3v) is 4.84. The van der Waals surface area contributed by atoms with Crippen molar-refractivity contribution >= 4 is 32.9 Å². The van der Waals surface area contributed by atoms with Crippen LogP contribution in [0.5, 0.6) is 0 Å². The molecule has 2 aromatic heterocycles. The van der Waals surface area contributed by atoms with Crippen molar-refractivity contribution in [2.75, 3.05) is 5.73 Å². The molecule has 27 heavy (non-hydrogen) atoms. The Bertz CT molecular complexity index is 1240. The van der Waals surface area contributed by atoms with Gasteiger partial charge in [-0.25, -0.2) is 23.1 Å². The second-order valence-corrected chi connectivity index (χ2v) is 7.36. The predicted octanol–water partition coefficient (Wildman–Crippen LogP) is 2.97. The maximum atomic E-state index is 11.3. The summed E-state index contributed by atoms with van der Waals surface area (Å²) in [6.45, 7) is 0. The lowest BCUT2D eigenvalue weighted by molar-refractivity contribution is 0.598. The Morgan fingerprint density at radius 1 is 1.00 bits per heavy atom. The van der Waals surface area contributed by atoms with Gasteiger partial charge in [0.25, 0.3) is 0 Å². The first-order valence-electron chi connectivity index (χ1n) is 7.88. The highest BCUT2D eigenvalue weighted by atomic mass is 32.2. The second-order valence-electron chi connectivity index (χ2n) is 5.80. The lowest BCUT2D eigenvalue weighted by Gasteiger charge is -1.97. The summed E-state index contributed by atoms with van der Waals surface area (Å²) >= 11 is 0. The van der Waals surface area contributed by atoms with Crippen LogP contribution in [-0.4, -0.2) is 23.0 Å². The summed E-state index contributed by atoms with van der Waals surface area (Å²) in [5.74, 6) is 0.321. The number of nitrogen functional groups attached to an aromatic ring is 1. The van der Waals surface area contributed by atoms with Crippen molar-refractivity contribution in [3.8, 4) is 11.3 Å². The number of sulfonamides is 1. The standard InChI is InChI=1S/C17H15N7O2S/c18-16-15(22-21-12-6-8-13(9-7-12)27(19,25)26)17-20-14(10-24(17)23-16)11-4-2-1-3-5-11/h1-10,23H,18H2,(H2,19,25,26). The SMILES string of the molecule is Nc1[nH]n2cc(-c3ccccc3)nc2c1N=Nc1ccc(S(N)(=O)=O)cc1. The third-order valence-electron chi connectivity index (χ3n) is 3.91. The molecular formula is C17H15N7O2S. The quantitative estimate of drug-likeness (QED) is 0.467. The van der Waals surface area contributed by atoms with E-state index in [4.69, 9.17) is 10.9 Å². The summed E-state index contributed by atoms with van der Waals surface area (Å²) < 4.78 is 24.3. The van der Waals surface area contributed by atoms with Crippen LogP contribution in [-0.2, 0) is 10.0 Å². The molecule has 136 valence electrons. The molecular weight excluding hydrogens is 366 g/mol. The Morgan fingerprint density at radius 2 is 1.70 bits per heavy atom. The molecule has 0 radical (unpaired) electrons. The number of hydrogen-bond acceptors (Lipinski definition) is 6. The van der Waals surface area contributed by atoms with E-state index in [1.54, 1.807) is 4.52 Å². The summed E-state index contributed by atoms with van der Waals surface area (Å²) in [7, 11) is -3.75. The number of nitrogens with one attached hydrogen (secondary N) is 1. The number of imidazole rings is 1. The molecule has 2 aromatic carbocycles. The Morgan fingerprint density at radius 3 is 2.37 bits per heavy atom. The number of benzene rings is 2. The monoisotopic (exact) mass is 381 g/mol. The lowest BCUT2D eigenvalue weighted by Crippen LogP contribution is -2.11. The number of nitrogens with two attached hydrogens (primary N) is 2. The van der Waals surface area contributed by atoms with Gasteiger partial charge >= 0.3 is 0 Å². The van der Waals surface area contributed by atoms with E-state index in [1.165, 1.54) is 24.3 Å². The summed E-state index contributed by atoms with van der Waals surface area (Å²) in [5.41, 5.74) is 9.10. The van der Waals surface area contributed by atoms with Crippen LogP contribution in [0.3, 0.4) is 0 Å². The minimum atomic E-state index is -3.75. The number of H-pyrrole nitrogens is 1. The van der Waals surface area contributed by atoms with Gasteiger partial charge in [-0.2, -0.15) is 5.11 Å². The Labute approximate surface area is 154 Å². The zero-order chi connectivity index (χ0) is 19.0. The average molecular weight is 381 g/mol. The number of rotatable bonds is 4. The summed E-state index contributed by atoms with van der Waals surface area (Å²) in [6.07, 6.45) is 1.82. The first kappa shape index (κ1) is 16.9. The smallest absolute Gasteiger partial charge is 0.238 e. The second kappa shape index (κ2) is 6.34. The summed E-state index contributed by atoms with van der Waals surface area (Å²) in [6, 6.07) is 15.5. The van der Waals surface area contributed by atoms with Gasteiger partial charge in [0, 0.05) is 5.56 Å². The topological polar surface area (TPSA) is 144 Å². The molecule has 0 aliphatic carbocycles. The first-order valence-corrected chi connectivity index (χ1v) is 9.43. The molecule has 0 saturated heterocycles. The van der Waals surface area contributed by atoms with E-state index < -0.39 is 10.0 Å². The Balaban J connectivity index is 1.68. The highest BCUT2D eigenvalue weighted by Gasteiger charge is 2.14. The lowest BCUT2D eigenvalue weighted by atomic mass is 10.2. The van der Waals surface area contributed by atoms with Crippen molar-refractivity contribution in [1.82, 2.24) is 14.6 Å². The van der Waals surface area contributed by atoms with Crippen LogP contribution in [0.4, 0.5) is 17.2 Å². The molecule has 0 unspecified atom stereocenters. The van der Waals surface area contributed by atoms with Gasteiger partial charge in [-0.3, -0.25) is 5.10 Å². The van der Waals surface area contributed by atoms with Crippen LogP contribution < -0.4 is 10.9 Å². The number of aromatic amines is 1. The van der Waals surface area contributed by atoms with Crippen molar-refractivity contribution < 1.29 is 8.42 Å². The van der Waals surface area contributed by atoms with Gasteiger partial charge in [0.2, 0.25) is 10.0 Å². The predicted molar refractivity (Wildman–Crippen MR) is 101 cm³/mol. The molecule has 4 aromatic rings. The number of azo groups is 1. The van der Waals surface area contributed by atoms with Gasteiger partial charge in [0.1, 0.15) is 5.82 Å². The van der Waals surface area contributed by atoms with Crippen molar-refractivity contribution in [2.45, 2.75) is 4.90 Å². The number of anilines is 1. The molecule has 0 spiro atoms. The van der Waals surface area contributed by atoms with Gasteiger partial charge in [-0.05, 0) is 24.3 Å². The molecule has 0 atom stereocenters. The van der Waals surface area contributed by atoms with Crippen molar-refractivity contribution in [3.05, 3.63) is 60.8 Å². The zero-order valence-corrected chi connectivity index (χ0v) is 14.8. The van der Waals surface area contributed by atoms with Crippen molar-refractivity contribution in [2.24, 2.45) is 15.4 Å². The molecule has 0 saturated carbocycles. The maximum absolute atomic E-state index is 11.3. The van der Waals surface area contributed by atoms with Gasteiger partial charge in [0.05, 0.1) is 22.5 Å². The number of primary sulfonamides is 1. The molecule has 9 nitrogen and oxygen atoms in total. The number of hydrogen-bond donors (Lipinski definition) is 3. The molecule has 2 heterocycles. The normalized spacial score (nSPS) is 12.2. The van der Waals surface area contributed by atoms with Gasteiger partial charge in [-0.1, -0.05) is 30.3 Å². The van der Waals surface area contributed by atoms with E-state index in [9.17, 15) is 8.42 Å². The number of fused-ring (bicyclic) bond motifs is 1. The fraction of sp³-hybridized carbons (Fsp3) is 0. The molecule has 0 aliphatic rings. The third kappa shape index (κ3) is 3.30. The van der Waals surface area contributed by atoms with E-state index in [0.29, 0.717) is 22.8 Å². The fourth-order valence-electron chi connectivity index (χ4n) is 2.59. The molecule has 0 fully saturated rings. The highest BCUT2D eigenvalue weighted by Crippen LogP contribution is 2.31. The highest BCUT2D eigenvalue weighted by molar-refractivity contribution is 7.89. The molecule has 0 aliphatic heterocycles. The fourth-order valence-corrected chi connectivity index (χ4v) is 3.11. The summed E-state index contributed by atoms with van der Waals surface area (Å²) in [4.78, 5) is 4.57. The Hall–Kier alpha value is -3.50. The number of nitrogens with zero attached hydrogens (tertiary/aromatic N) is 4. The Kier molecular flexibility index (Phi) is 3.98. The average Bonchev–Trinajstić information content (AvgIpc) is 3.18. The van der Waals surface area contributed by atoms with Crippen LogP contribution in [0, 0.1) is 0 Å². The van der Waals surface area contributed by atoms with E-state index in [0.717, 1.165) is 11.3 Å². The maximum Gasteiger partial charge on any atom is 0.238 e. The van der Waals surface area contributed by atoms with E-state index in [-0.39, 0.29) is 4.90 Å². The van der Waals surface area contributed by atoms with Crippen molar-refractivity contribution in [3.63, 3.8) is 0 Å². The van der Waals surface area contributed by atoms with Crippen LogP contribution in [0.25, 0.3) is 16.9 Å². The van der Waals surface area contributed by atoms with E-state index in [2.05, 4.69) is 20.3 Å². The van der Waals surface area contributed by atoms with E-state index >= 15 is 0 Å². The van der Waals surface area contributed by atoms with Crippen LogP contribution in [0.15, 0.2) is 75.9 Å². The minimum absolute atomic E-state index is 0.00533. The number of aromatic nitrogens is 3. The minimum Gasteiger partial charge on any atom is -0.382 e.